The summed E-state index contributed by atoms with van der Waals surface area (Å²) < 4.78 is 18.4. The summed E-state index contributed by atoms with van der Waals surface area (Å²) >= 11 is 5.69. The fraction of sp³-hybridized carbons (Fsp3) is 0.0714. The van der Waals surface area contributed by atoms with E-state index in [1.165, 1.54) is 12.1 Å². The van der Waals surface area contributed by atoms with Crippen molar-refractivity contribution in [2.24, 2.45) is 0 Å². The van der Waals surface area contributed by atoms with E-state index in [-0.39, 0.29) is 17.3 Å². The van der Waals surface area contributed by atoms with Crippen LogP contribution in [0.4, 0.5) is 15.8 Å². The van der Waals surface area contributed by atoms with Gasteiger partial charge >= 0.3 is 0 Å². The fourth-order valence-corrected chi connectivity index (χ4v) is 1.80. The molecule has 1 amide bonds. The number of hydrogen-bond donors (Lipinski definition) is 2. The van der Waals surface area contributed by atoms with Gasteiger partial charge in [-0.15, -0.1) is 0 Å². The minimum atomic E-state index is -0.524. The predicted molar refractivity (Wildman–Crippen MR) is 76.4 cm³/mol. The van der Waals surface area contributed by atoms with Gasteiger partial charge in [0.25, 0.3) is 5.91 Å². The van der Waals surface area contributed by atoms with E-state index in [1.807, 2.05) is 0 Å². The Balaban J connectivity index is 1.92. The summed E-state index contributed by atoms with van der Waals surface area (Å²) in [6, 6.07) is 10.5. The van der Waals surface area contributed by atoms with E-state index in [0.717, 1.165) is 6.07 Å². The molecule has 2 rings (SSSR count). The van der Waals surface area contributed by atoms with Gasteiger partial charge in [-0.1, -0.05) is 17.7 Å². The van der Waals surface area contributed by atoms with Crippen LogP contribution >= 0.6 is 11.6 Å². The van der Waals surface area contributed by atoms with Crippen LogP contribution in [0.25, 0.3) is 0 Å². The maximum Gasteiger partial charge on any atom is 0.262 e. The number of benzene rings is 2. The van der Waals surface area contributed by atoms with Gasteiger partial charge in [0.1, 0.15) is 11.6 Å². The van der Waals surface area contributed by atoms with Gasteiger partial charge in [-0.05, 0) is 30.3 Å². The van der Waals surface area contributed by atoms with Crippen molar-refractivity contribution < 1.29 is 13.9 Å². The van der Waals surface area contributed by atoms with Crippen molar-refractivity contribution in [3.05, 3.63) is 53.3 Å². The van der Waals surface area contributed by atoms with E-state index < -0.39 is 11.7 Å². The molecular formula is C14H12ClFN2O2. The highest BCUT2D eigenvalue weighted by Gasteiger charge is 2.06. The van der Waals surface area contributed by atoms with E-state index in [1.54, 1.807) is 24.3 Å². The molecule has 0 heterocycles. The first-order chi connectivity index (χ1) is 9.52. The second-order valence-corrected chi connectivity index (χ2v) is 4.50. The average molecular weight is 295 g/mol. The van der Waals surface area contributed by atoms with Crippen LogP contribution in [0.15, 0.2) is 42.5 Å². The molecule has 0 radical (unpaired) electrons. The highest BCUT2D eigenvalue weighted by molar-refractivity contribution is 6.30. The summed E-state index contributed by atoms with van der Waals surface area (Å²) in [5.41, 5.74) is 6.40. The minimum Gasteiger partial charge on any atom is -0.484 e. The van der Waals surface area contributed by atoms with Crippen molar-refractivity contribution in [1.82, 2.24) is 0 Å². The molecule has 0 aliphatic heterocycles. The summed E-state index contributed by atoms with van der Waals surface area (Å²) in [5, 5.41) is 2.69. The first-order valence-electron chi connectivity index (χ1n) is 5.77. The second-order valence-electron chi connectivity index (χ2n) is 4.07. The minimum absolute atomic E-state index is 0.206. The lowest BCUT2D eigenvalue weighted by Gasteiger charge is -2.08. The van der Waals surface area contributed by atoms with Crippen LogP contribution < -0.4 is 15.8 Å². The SMILES string of the molecule is Nc1cccc(OCC(=O)Nc2cc(F)cc(Cl)c2)c1. The lowest BCUT2D eigenvalue weighted by atomic mass is 10.3. The van der Waals surface area contributed by atoms with Crippen LogP contribution in [0.5, 0.6) is 5.75 Å². The van der Waals surface area contributed by atoms with Crippen molar-refractivity contribution in [2.75, 3.05) is 17.7 Å². The lowest BCUT2D eigenvalue weighted by Crippen LogP contribution is -2.20. The molecule has 0 unspecified atom stereocenters. The molecule has 4 nitrogen and oxygen atoms in total. The summed E-state index contributed by atoms with van der Waals surface area (Å²) in [6.07, 6.45) is 0. The van der Waals surface area contributed by atoms with Crippen LogP contribution in [0.1, 0.15) is 0 Å². The fourth-order valence-electron chi connectivity index (χ4n) is 1.58. The van der Waals surface area contributed by atoms with Crippen LogP contribution in [0.2, 0.25) is 5.02 Å². The third-order valence-electron chi connectivity index (χ3n) is 2.37. The Morgan fingerprint density at radius 3 is 2.80 bits per heavy atom. The van der Waals surface area contributed by atoms with Crippen molar-refractivity contribution >= 4 is 28.9 Å². The Bertz CT molecular complexity index is 614. The van der Waals surface area contributed by atoms with Gasteiger partial charge in [0.2, 0.25) is 0 Å². The smallest absolute Gasteiger partial charge is 0.262 e. The molecule has 0 saturated heterocycles. The molecule has 0 bridgehead atoms. The number of hydrogen-bond acceptors (Lipinski definition) is 3. The van der Waals surface area contributed by atoms with E-state index in [2.05, 4.69) is 5.32 Å². The molecule has 0 aromatic heterocycles. The molecule has 2 aromatic carbocycles. The molecule has 20 heavy (non-hydrogen) atoms. The molecule has 0 spiro atoms. The molecule has 104 valence electrons. The number of nitrogen functional groups attached to an aromatic ring is 1. The number of halogens is 2. The van der Waals surface area contributed by atoms with Gasteiger partial charge in [0, 0.05) is 22.5 Å². The lowest BCUT2D eigenvalue weighted by molar-refractivity contribution is -0.118. The Kier molecular flexibility index (Phi) is 4.42. The summed E-state index contributed by atoms with van der Waals surface area (Å²) in [4.78, 5) is 11.7. The van der Waals surface area contributed by atoms with Gasteiger partial charge in [0.15, 0.2) is 6.61 Å². The molecule has 0 fully saturated rings. The highest BCUT2D eigenvalue weighted by atomic mass is 35.5. The van der Waals surface area contributed by atoms with Gasteiger partial charge in [0.05, 0.1) is 0 Å². The maximum absolute atomic E-state index is 13.1. The van der Waals surface area contributed by atoms with Crippen molar-refractivity contribution in [2.45, 2.75) is 0 Å². The van der Waals surface area contributed by atoms with E-state index in [9.17, 15) is 9.18 Å². The van der Waals surface area contributed by atoms with Gasteiger partial charge in [-0.3, -0.25) is 4.79 Å². The average Bonchev–Trinajstić information content (AvgIpc) is 2.35. The number of nitrogens with two attached hydrogens (primary N) is 1. The van der Waals surface area contributed by atoms with E-state index >= 15 is 0 Å². The quantitative estimate of drug-likeness (QED) is 0.852. The first kappa shape index (κ1) is 14.1. The third kappa shape index (κ3) is 4.13. The number of anilines is 2. The summed E-state index contributed by atoms with van der Waals surface area (Å²) in [6.45, 7) is -0.211. The zero-order chi connectivity index (χ0) is 14.5. The molecule has 0 aliphatic carbocycles. The summed E-state index contributed by atoms with van der Waals surface area (Å²) in [7, 11) is 0. The Morgan fingerprint density at radius 2 is 2.10 bits per heavy atom. The molecule has 6 heteroatoms. The maximum atomic E-state index is 13.1. The number of nitrogens with one attached hydrogen (secondary N) is 1. The monoisotopic (exact) mass is 294 g/mol. The Labute approximate surface area is 120 Å². The van der Waals surface area contributed by atoms with Crippen LogP contribution in [-0.2, 0) is 4.79 Å². The van der Waals surface area contributed by atoms with Crippen LogP contribution in [0.3, 0.4) is 0 Å². The van der Waals surface area contributed by atoms with Gasteiger partial charge in [-0.25, -0.2) is 4.39 Å². The number of amides is 1. The topological polar surface area (TPSA) is 64.3 Å². The van der Waals surface area contributed by atoms with Gasteiger partial charge in [-0.2, -0.15) is 0 Å². The van der Waals surface area contributed by atoms with Crippen molar-refractivity contribution in [3.8, 4) is 5.75 Å². The normalized spacial score (nSPS) is 10.1. The molecule has 3 N–H and O–H groups in total. The zero-order valence-electron chi connectivity index (χ0n) is 10.4. The molecule has 0 atom stereocenters. The molecule has 2 aromatic rings. The Hall–Kier alpha value is -2.27. The number of ether oxygens (including phenoxy) is 1. The first-order valence-corrected chi connectivity index (χ1v) is 6.15. The third-order valence-corrected chi connectivity index (χ3v) is 2.59. The number of carbonyl (C=O) groups is 1. The van der Waals surface area contributed by atoms with Crippen molar-refractivity contribution in [3.63, 3.8) is 0 Å². The molecule has 0 saturated carbocycles. The van der Waals surface area contributed by atoms with Crippen LogP contribution in [-0.4, -0.2) is 12.5 Å². The zero-order valence-corrected chi connectivity index (χ0v) is 11.2. The largest absolute Gasteiger partial charge is 0.484 e. The van der Waals surface area contributed by atoms with Gasteiger partial charge < -0.3 is 15.8 Å². The number of rotatable bonds is 4. The summed E-state index contributed by atoms with van der Waals surface area (Å²) in [5.74, 6) is -0.462. The van der Waals surface area contributed by atoms with E-state index in [0.29, 0.717) is 11.4 Å². The number of carbonyl (C=O) groups excluding carboxylic acids is 1. The van der Waals surface area contributed by atoms with Crippen molar-refractivity contribution in [1.29, 1.82) is 0 Å². The highest BCUT2D eigenvalue weighted by Crippen LogP contribution is 2.18. The van der Waals surface area contributed by atoms with Crippen LogP contribution in [0, 0.1) is 5.82 Å². The van der Waals surface area contributed by atoms with E-state index in [4.69, 9.17) is 22.1 Å². The molecular weight excluding hydrogens is 283 g/mol. The Morgan fingerprint density at radius 1 is 1.30 bits per heavy atom. The molecule has 0 aliphatic rings. The predicted octanol–water partition coefficient (Wildman–Crippen LogP) is 3.08. The second kappa shape index (κ2) is 6.25. The standard InChI is InChI=1S/C14H12ClFN2O2/c15-9-4-10(16)6-12(5-9)18-14(19)8-20-13-3-1-2-11(17)7-13/h1-7H,8,17H2,(H,18,19).